The van der Waals surface area contributed by atoms with E-state index in [4.69, 9.17) is 18.9 Å². The standard InChI is InChI=1S/C50H85NO13/c1-3-5-7-9-11-12-13-14-15-16-17-18-19-20-21-22-23-24-25-26-28-30-32-34-42(55)51-38(39(54)33-31-29-27-10-8-6-4-2)37-61-49-47(60)45(58)48(41(36-53)63-49)64-50-46(59)44(57)43(56)40(35-52)62-50/h5,7,11-12,14-15,17-18,20-21,23-24,38-41,43-50,52-54,56-60H,3-4,6,8-10,13,16,19,22,25-37H2,1-2H3,(H,51,55)/b7-5-,12-11-,15-14-,18-17-,21-20-,24-23-. The molecule has 14 heteroatoms. The van der Waals surface area contributed by atoms with E-state index in [0.29, 0.717) is 12.8 Å². The monoisotopic (exact) mass is 908 g/mol. The molecule has 64 heavy (non-hydrogen) atoms. The zero-order chi connectivity index (χ0) is 46.8. The number of nitrogens with one attached hydrogen (secondary N) is 1. The number of amides is 1. The second kappa shape index (κ2) is 36.5. The Balaban J connectivity index is 1.78. The lowest BCUT2D eigenvalue weighted by atomic mass is 9.97. The normalized spacial score (nSPS) is 27.9. The molecule has 0 aliphatic carbocycles. The number of rotatable bonds is 35. The Hall–Kier alpha value is -2.57. The molecule has 0 bridgehead atoms. The molecule has 12 unspecified atom stereocenters. The van der Waals surface area contributed by atoms with Crippen LogP contribution in [0.5, 0.6) is 0 Å². The van der Waals surface area contributed by atoms with Crippen LogP contribution in [0.1, 0.15) is 142 Å². The Morgan fingerprint density at radius 2 is 1.08 bits per heavy atom. The summed E-state index contributed by atoms with van der Waals surface area (Å²) in [6, 6.07) is -0.843. The third-order valence-corrected chi connectivity index (χ3v) is 11.4. The lowest BCUT2D eigenvalue weighted by Crippen LogP contribution is -2.65. The molecule has 2 aliphatic heterocycles. The van der Waals surface area contributed by atoms with Gasteiger partial charge >= 0.3 is 0 Å². The maximum absolute atomic E-state index is 13.1. The van der Waals surface area contributed by atoms with E-state index in [0.717, 1.165) is 96.3 Å². The first-order valence-electron chi connectivity index (χ1n) is 24.2. The van der Waals surface area contributed by atoms with Gasteiger partial charge in [-0.25, -0.2) is 0 Å². The van der Waals surface area contributed by atoms with Gasteiger partial charge in [0.1, 0.15) is 48.8 Å². The van der Waals surface area contributed by atoms with Crippen molar-refractivity contribution in [1.82, 2.24) is 5.32 Å². The number of allylic oxidation sites excluding steroid dienone is 12. The van der Waals surface area contributed by atoms with Gasteiger partial charge < -0.3 is 65.1 Å². The fourth-order valence-corrected chi connectivity index (χ4v) is 7.47. The zero-order valence-corrected chi connectivity index (χ0v) is 38.7. The first-order chi connectivity index (χ1) is 31.1. The molecule has 0 aromatic heterocycles. The van der Waals surface area contributed by atoms with Crippen LogP contribution >= 0.6 is 0 Å². The molecular formula is C50H85NO13. The highest BCUT2D eigenvalue weighted by molar-refractivity contribution is 5.76. The maximum atomic E-state index is 13.1. The summed E-state index contributed by atoms with van der Waals surface area (Å²) in [5.41, 5.74) is 0. The van der Waals surface area contributed by atoms with Crippen LogP contribution in [0.15, 0.2) is 72.9 Å². The summed E-state index contributed by atoms with van der Waals surface area (Å²) in [5, 5.41) is 86.5. The van der Waals surface area contributed by atoms with Crippen LogP contribution in [0.4, 0.5) is 0 Å². The fourth-order valence-electron chi connectivity index (χ4n) is 7.47. The van der Waals surface area contributed by atoms with Crippen molar-refractivity contribution in [3.8, 4) is 0 Å². The largest absolute Gasteiger partial charge is 0.394 e. The van der Waals surface area contributed by atoms with Crippen LogP contribution in [-0.2, 0) is 23.7 Å². The van der Waals surface area contributed by atoms with E-state index in [9.17, 15) is 45.6 Å². The van der Waals surface area contributed by atoms with Crippen LogP contribution in [0, 0.1) is 0 Å². The Morgan fingerprint density at radius 3 is 1.66 bits per heavy atom. The molecule has 2 heterocycles. The fraction of sp³-hybridized carbons (Fsp3) is 0.740. The highest BCUT2D eigenvalue weighted by Crippen LogP contribution is 2.30. The number of hydrogen-bond donors (Lipinski definition) is 9. The van der Waals surface area contributed by atoms with E-state index in [1.807, 2.05) is 0 Å². The van der Waals surface area contributed by atoms with E-state index in [1.165, 1.54) is 12.8 Å². The summed E-state index contributed by atoms with van der Waals surface area (Å²) >= 11 is 0. The second-order valence-electron chi connectivity index (χ2n) is 16.9. The molecule has 2 saturated heterocycles. The molecule has 2 aliphatic rings. The topological polar surface area (TPSA) is 228 Å². The van der Waals surface area contributed by atoms with E-state index in [1.54, 1.807) is 0 Å². The van der Waals surface area contributed by atoms with Gasteiger partial charge in [0.2, 0.25) is 5.91 Å². The molecule has 14 nitrogen and oxygen atoms in total. The predicted molar refractivity (Wildman–Crippen MR) is 249 cm³/mol. The van der Waals surface area contributed by atoms with Gasteiger partial charge in [0.05, 0.1) is 32.0 Å². The first kappa shape index (κ1) is 57.6. The molecule has 0 spiro atoms. The van der Waals surface area contributed by atoms with Gasteiger partial charge in [-0.3, -0.25) is 4.79 Å². The molecule has 0 aromatic carbocycles. The lowest BCUT2D eigenvalue weighted by Gasteiger charge is -2.46. The van der Waals surface area contributed by atoms with Gasteiger partial charge in [-0.2, -0.15) is 0 Å². The Bertz CT molecular complexity index is 1350. The molecular weight excluding hydrogens is 823 g/mol. The van der Waals surface area contributed by atoms with E-state index < -0.39 is 86.8 Å². The maximum Gasteiger partial charge on any atom is 0.220 e. The van der Waals surface area contributed by atoms with Crippen LogP contribution in [0.2, 0.25) is 0 Å². The van der Waals surface area contributed by atoms with Crippen molar-refractivity contribution in [2.24, 2.45) is 0 Å². The third-order valence-electron chi connectivity index (χ3n) is 11.4. The quantitative estimate of drug-likeness (QED) is 0.0277. The van der Waals surface area contributed by atoms with Crippen LogP contribution in [0.3, 0.4) is 0 Å². The minimum absolute atomic E-state index is 0.240. The number of ether oxygens (including phenoxy) is 4. The van der Waals surface area contributed by atoms with Gasteiger partial charge in [-0.15, -0.1) is 0 Å². The average molecular weight is 908 g/mol. The summed E-state index contributed by atoms with van der Waals surface area (Å²) in [5.74, 6) is -0.240. The number of aliphatic hydroxyl groups excluding tert-OH is 8. The number of hydrogen-bond acceptors (Lipinski definition) is 13. The smallest absolute Gasteiger partial charge is 0.220 e. The number of carbonyl (C=O) groups is 1. The second-order valence-corrected chi connectivity index (χ2v) is 16.9. The average Bonchev–Trinajstić information content (AvgIpc) is 3.29. The van der Waals surface area contributed by atoms with Crippen molar-refractivity contribution in [2.75, 3.05) is 19.8 Å². The summed E-state index contributed by atoms with van der Waals surface area (Å²) in [6.07, 6.45) is 27.9. The van der Waals surface area contributed by atoms with Crippen molar-refractivity contribution in [2.45, 2.75) is 216 Å². The first-order valence-corrected chi connectivity index (χ1v) is 24.2. The van der Waals surface area contributed by atoms with Crippen molar-refractivity contribution >= 4 is 5.91 Å². The number of aliphatic hydroxyl groups is 8. The summed E-state index contributed by atoms with van der Waals surface area (Å²) < 4.78 is 22.6. The van der Waals surface area contributed by atoms with E-state index in [-0.39, 0.29) is 18.9 Å². The Morgan fingerprint density at radius 1 is 0.578 bits per heavy atom. The molecule has 0 aromatic rings. The summed E-state index contributed by atoms with van der Waals surface area (Å²) in [4.78, 5) is 13.1. The van der Waals surface area contributed by atoms with Crippen molar-refractivity contribution in [1.29, 1.82) is 0 Å². The summed E-state index contributed by atoms with van der Waals surface area (Å²) in [6.45, 7) is 2.63. The molecule has 0 radical (unpaired) electrons. The molecule has 2 fully saturated rings. The number of carbonyl (C=O) groups excluding carboxylic acids is 1. The molecule has 368 valence electrons. The van der Waals surface area contributed by atoms with Gasteiger partial charge in [-0.1, -0.05) is 145 Å². The minimum Gasteiger partial charge on any atom is -0.394 e. The minimum atomic E-state index is -1.79. The lowest BCUT2D eigenvalue weighted by molar-refractivity contribution is -0.359. The molecule has 2 rings (SSSR count). The van der Waals surface area contributed by atoms with E-state index in [2.05, 4.69) is 92.1 Å². The van der Waals surface area contributed by atoms with Crippen molar-refractivity contribution < 1.29 is 64.6 Å². The highest BCUT2D eigenvalue weighted by Gasteiger charge is 2.51. The Kier molecular flexibility index (Phi) is 32.9. The van der Waals surface area contributed by atoms with Crippen molar-refractivity contribution in [3.63, 3.8) is 0 Å². The van der Waals surface area contributed by atoms with Crippen LogP contribution in [0.25, 0.3) is 0 Å². The predicted octanol–water partition coefficient (Wildman–Crippen LogP) is 5.65. The van der Waals surface area contributed by atoms with Crippen molar-refractivity contribution in [3.05, 3.63) is 72.9 Å². The van der Waals surface area contributed by atoms with Gasteiger partial charge in [0.25, 0.3) is 0 Å². The summed E-state index contributed by atoms with van der Waals surface area (Å²) in [7, 11) is 0. The van der Waals surface area contributed by atoms with Crippen LogP contribution in [-0.4, -0.2) is 140 Å². The zero-order valence-electron chi connectivity index (χ0n) is 38.7. The van der Waals surface area contributed by atoms with E-state index >= 15 is 0 Å². The van der Waals surface area contributed by atoms with Gasteiger partial charge in [0.15, 0.2) is 12.6 Å². The molecule has 0 saturated carbocycles. The van der Waals surface area contributed by atoms with Gasteiger partial charge in [0, 0.05) is 6.42 Å². The SMILES string of the molecule is CC/C=C\C/C=C\C/C=C\C/C=C\C/C=C\C/C=C\CCCCCCC(=O)NC(COC1OC(CO)C(OC2OC(CO)C(O)C(O)C2O)C(O)C1O)C(O)CCCCCCCCC. The number of unbranched alkanes of at least 4 members (excludes halogenated alkanes) is 10. The molecule has 9 N–H and O–H groups in total. The van der Waals surface area contributed by atoms with Gasteiger partial charge in [-0.05, 0) is 64.2 Å². The highest BCUT2D eigenvalue weighted by atomic mass is 16.7. The molecule has 12 atom stereocenters. The van der Waals surface area contributed by atoms with Crippen LogP contribution < -0.4 is 5.32 Å². The third kappa shape index (κ3) is 23.7. The molecule has 1 amide bonds. The Labute approximate surface area is 383 Å².